The Bertz CT molecular complexity index is 815. The van der Waals surface area contributed by atoms with Gasteiger partial charge in [0.2, 0.25) is 0 Å². The Labute approximate surface area is 177 Å². The van der Waals surface area contributed by atoms with Gasteiger partial charge in [-0.25, -0.2) is 0 Å². The highest BCUT2D eigenvalue weighted by molar-refractivity contribution is 6.09. The van der Waals surface area contributed by atoms with Gasteiger partial charge in [0.15, 0.2) is 0 Å². The maximum atomic E-state index is 5.10. The predicted octanol–water partition coefficient (Wildman–Crippen LogP) is 7.25. The normalized spacial score (nSPS) is 19.1. The van der Waals surface area contributed by atoms with E-state index in [4.69, 9.17) is 4.99 Å². The highest BCUT2D eigenvalue weighted by atomic mass is 15.2. The third kappa shape index (κ3) is 5.01. The molecule has 2 N–H and O–H groups in total. The number of benzene rings is 2. The van der Waals surface area contributed by atoms with Crippen LogP contribution < -0.4 is 10.6 Å². The van der Waals surface area contributed by atoms with Crippen molar-refractivity contribution in [1.82, 2.24) is 0 Å². The molecule has 156 valence electrons. The SMILES string of the molecule is CC.Cc1cc2c(cc1C)NC1(CCCCCCC1)C(=NCc1ccccc1)N2. The molecule has 0 unspecified atom stereocenters. The maximum Gasteiger partial charge on any atom is 0.127 e. The van der Waals surface area contributed by atoms with E-state index < -0.39 is 0 Å². The van der Waals surface area contributed by atoms with Crippen LogP contribution in [-0.4, -0.2) is 11.4 Å². The van der Waals surface area contributed by atoms with Gasteiger partial charge in [0.25, 0.3) is 0 Å². The zero-order chi connectivity index (χ0) is 20.7. The first-order valence-electron chi connectivity index (χ1n) is 11.4. The number of rotatable bonds is 2. The molecule has 0 aromatic heterocycles. The summed E-state index contributed by atoms with van der Waals surface area (Å²) in [5, 5.41) is 7.67. The van der Waals surface area contributed by atoms with E-state index in [1.54, 1.807) is 0 Å². The zero-order valence-corrected chi connectivity index (χ0v) is 18.6. The number of aryl methyl sites for hydroxylation is 2. The Hall–Kier alpha value is -2.29. The van der Waals surface area contributed by atoms with E-state index in [-0.39, 0.29) is 5.54 Å². The molecule has 0 atom stereocenters. The minimum Gasteiger partial charge on any atom is -0.371 e. The molecule has 1 saturated carbocycles. The van der Waals surface area contributed by atoms with Crippen LogP contribution >= 0.6 is 0 Å². The fourth-order valence-electron chi connectivity index (χ4n) is 4.40. The Morgan fingerprint density at radius 3 is 2.07 bits per heavy atom. The number of nitrogens with zero attached hydrogens (tertiary/aromatic N) is 1. The molecular weight excluding hydrogens is 354 g/mol. The molecule has 1 spiro atoms. The summed E-state index contributed by atoms with van der Waals surface area (Å²) in [6.45, 7) is 9.10. The Kier molecular flexibility index (Phi) is 7.35. The van der Waals surface area contributed by atoms with Gasteiger partial charge in [0.05, 0.1) is 23.5 Å². The Balaban J connectivity index is 0.00000117. The summed E-state index contributed by atoms with van der Waals surface area (Å²) in [7, 11) is 0. The zero-order valence-electron chi connectivity index (χ0n) is 18.6. The fraction of sp³-hybridized carbons (Fsp3) is 0.500. The van der Waals surface area contributed by atoms with Gasteiger partial charge in [-0.15, -0.1) is 0 Å². The molecular formula is C26H37N3. The molecule has 3 heteroatoms. The molecule has 1 aliphatic heterocycles. The Morgan fingerprint density at radius 2 is 1.41 bits per heavy atom. The molecule has 4 rings (SSSR count). The molecule has 1 aliphatic carbocycles. The third-order valence-electron chi connectivity index (χ3n) is 6.18. The van der Waals surface area contributed by atoms with Crippen LogP contribution in [0.25, 0.3) is 0 Å². The Morgan fingerprint density at radius 1 is 0.828 bits per heavy atom. The van der Waals surface area contributed by atoms with Crippen LogP contribution in [0.5, 0.6) is 0 Å². The number of aliphatic imine (C=N–C) groups is 1. The highest BCUT2D eigenvalue weighted by Crippen LogP contribution is 2.39. The van der Waals surface area contributed by atoms with Crippen LogP contribution in [0.1, 0.15) is 75.5 Å². The number of hydrogen-bond donors (Lipinski definition) is 2. The molecule has 1 heterocycles. The lowest BCUT2D eigenvalue weighted by atomic mass is 9.81. The molecule has 0 bridgehead atoms. The van der Waals surface area contributed by atoms with Crippen LogP contribution in [0.15, 0.2) is 47.5 Å². The van der Waals surface area contributed by atoms with E-state index in [0.29, 0.717) is 0 Å². The first kappa shape index (κ1) is 21.4. The maximum absolute atomic E-state index is 5.10. The summed E-state index contributed by atoms with van der Waals surface area (Å²) in [5.41, 5.74) is 6.27. The number of hydrogen-bond acceptors (Lipinski definition) is 2. The van der Waals surface area contributed by atoms with Crippen molar-refractivity contribution >= 4 is 17.2 Å². The van der Waals surface area contributed by atoms with Crippen molar-refractivity contribution in [2.45, 2.75) is 84.7 Å². The molecule has 0 saturated heterocycles. The van der Waals surface area contributed by atoms with Crippen LogP contribution in [0, 0.1) is 13.8 Å². The average molecular weight is 392 g/mol. The highest BCUT2D eigenvalue weighted by Gasteiger charge is 2.39. The molecule has 29 heavy (non-hydrogen) atoms. The first-order valence-corrected chi connectivity index (χ1v) is 11.4. The van der Waals surface area contributed by atoms with Gasteiger partial charge < -0.3 is 10.6 Å². The monoisotopic (exact) mass is 391 g/mol. The molecule has 1 fully saturated rings. The van der Waals surface area contributed by atoms with Gasteiger partial charge in [0, 0.05) is 0 Å². The van der Waals surface area contributed by atoms with Crippen molar-refractivity contribution in [3.8, 4) is 0 Å². The quantitative estimate of drug-likeness (QED) is 0.565. The van der Waals surface area contributed by atoms with E-state index in [9.17, 15) is 0 Å². The summed E-state index contributed by atoms with van der Waals surface area (Å²) in [5.74, 6) is 1.13. The molecule has 2 aliphatic rings. The first-order chi connectivity index (χ1) is 14.2. The van der Waals surface area contributed by atoms with E-state index in [1.165, 1.54) is 54.5 Å². The van der Waals surface area contributed by atoms with E-state index >= 15 is 0 Å². The second-order valence-electron chi connectivity index (χ2n) is 8.23. The summed E-state index contributed by atoms with van der Waals surface area (Å²) >= 11 is 0. The van der Waals surface area contributed by atoms with Gasteiger partial charge in [-0.2, -0.15) is 0 Å². The number of nitrogens with one attached hydrogen (secondary N) is 2. The average Bonchev–Trinajstić information content (AvgIpc) is 2.73. The van der Waals surface area contributed by atoms with Gasteiger partial charge in [-0.05, 0) is 55.5 Å². The summed E-state index contributed by atoms with van der Waals surface area (Å²) in [6, 6.07) is 15.1. The van der Waals surface area contributed by atoms with Gasteiger partial charge in [-0.3, -0.25) is 4.99 Å². The second-order valence-corrected chi connectivity index (χ2v) is 8.23. The fourth-order valence-corrected chi connectivity index (χ4v) is 4.40. The lowest BCUT2D eigenvalue weighted by molar-refractivity contribution is 0.419. The van der Waals surface area contributed by atoms with E-state index in [0.717, 1.165) is 30.9 Å². The van der Waals surface area contributed by atoms with Gasteiger partial charge in [0.1, 0.15) is 5.84 Å². The van der Waals surface area contributed by atoms with E-state index in [1.807, 2.05) is 13.8 Å². The lowest BCUT2D eigenvalue weighted by Gasteiger charge is -2.43. The largest absolute Gasteiger partial charge is 0.371 e. The summed E-state index contributed by atoms with van der Waals surface area (Å²) in [4.78, 5) is 5.10. The number of amidine groups is 1. The second kappa shape index (κ2) is 9.96. The molecule has 3 nitrogen and oxygen atoms in total. The van der Waals surface area contributed by atoms with Crippen molar-refractivity contribution < 1.29 is 0 Å². The van der Waals surface area contributed by atoms with Crippen molar-refractivity contribution in [2.24, 2.45) is 4.99 Å². The summed E-state index contributed by atoms with van der Waals surface area (Å²) in [6.07, 6.45) is 8.86. The molecule has 2 aromatic rings. The van der Waals surface area contributed by atoms with Crippen molar-refractivity contribution in [1.29, 1.82) is 0 Å². The van der Waals surface area contributed by atoms with Gasteiger partial charge in [-0.1, -0.05) is 76.3 Å². The van der Waals surface area contributed by atoms with E-state index in [2.05, 4.69) is 66.9 Å². The van der Waals surface area contributed by atoms with Gasteiger partial charge >= 0.3 is 0 Å². The summed E-state index contributed by atoms with van der Waals surface area (Å²) < 4.78 is 0. The minimum absolute atomic E-state index is 0.0517. The third-order valence-corrected chi connectivity index (χ3v) is 6.18. The molecule has 2 aromatic carbocycles. The topological polar surface area (TPSA) is 36.4 Å². The van der Waals surface area contributed by atoms with Crippen molar-refractivity contribution in [3.63, 3.8) is 0 Å². The van der Waals surface area contributed by atoms with Crippen LogP contribution in [-0.2, 0) is 6.54 Å². The predicted molar refractivity (Wildman–Crippen MR) is 127 cm³/mol. The van der Waals surface area contributed by atoms with Crippen LogP contribution in [0.3, 0.4) is 0 Å². The van der Waals surface area contributed by atoms with Crippen molar-refractivity contribution in [3.05, 3.63) is 59.2 Å². The standard InChI is InChI=1S/C24H31N3.C2H6/c1-18-15-21-22(16-19(18)2)27-24(13-9-4-3-5-10-14-24)23(26-21)25-17-20-11-7-6-8-12-20;1-2/h6-8,11-12,15-16,27H,3-5,9-10,13-14,17H2,1-2H3,(H,25,26);1-2H3. The lowest BCUT2D eigenvalue weighted by Crippen LogP contribution is -2.53. The number of anilines is 2. The van der Waals surface area contributed by atoms with Crippen LogP contribution in [0.4, 0.5) is 11.4 Å². The smallest absolute Gasteiger partial charge is 0.127 e. The molecule has 0 amide bonds. The minimum atomic E-state index is -0.0517. The number of fused-ring (bicyclic) bond motifs is 1. The van der Waals surface area contributed by atoms with Crippen LogP contribution in [0.2, 0.25) is 0 Å². The van der Waals surface area contributed by atoms with Crippen molar-refractivity contribution in [2.75, 3.05) is 10.6 Å². The molecule has 0 radical (unpaired) electrons.